The maximum atomic E-state index is 12.5. The van der Waals surface area contributed by atoms with Crippen molar-refractivity contribution in [2.45, 2.75) is 26.4 Å². The number of hydrogen-bond donors (Lipinski definition) is 1. The highest BCUT2D eigenvalue weighted by molar-refractivity contribution is 4.84. The van der Waals surface area contributed by atoms with Gasteiger partial charge in [-0.25, -0.2) is 0 Å². The molecule has 2 atom stereocenters. The Bertz CT molecular complexity index is 165. The SMILES string of the molecule is CC(C)C1CCNCC1C(F)(F)F. The summed E-state index contributed by atoms with van der Waals surface area (Å²) in [6.07, 6.45) is -3.40. The monoisotopic (exact) mass is 195 g/mol. The molecule has 1 saturated heterocycles. The summed E-state index contributed by atoms with van der Waals surface area (Å²) in [6, 6.07) is 0. The molecule has 0 aliphatic carbocycles. The third-order valence-corrected chi connectivity index (χ3v) is 2.81. The Morgan fingerprint density at radius 1 is 1.31 bits per heavy atom. The molecule has 0 radical (unpaired) electrons. The molecule has 1 rings (SSSR count). The summed E-state index contributed by atoms with van der Waals surface area (Å²) in [5, 5.41) is 2.81. The Kier molecular flexibility index (Phi) is 3.22. The van der Waals surface area contributed by atoms with Crippen LogP contribution in [0.15, 0.2) is 0 Å². The van der Waals surface area contributed by atoms with Gasteiger partial charge < -0.3 is 5.32 Å². The average Bonchev–Trinajstić information content (AvgIpc) is 2.03. The Morgan fingerprint density at radius 3 is 2.31 bits per heavy atom. The van der Waals surface area contributed by atoms with Gasteiger partial charge in [0.1, 0.15) is 0 Å². The van der Waals surface area contributed by atoms with Crippen LogP contribution in [0.4, 0.5) is 13.2 Å². The molecule has 13 heavy (non-hydrogen) atoms. The highest BCUT2D eigenvalue weighted by Crippen LogP contribution is 2.38. The lowest BCUT2D eigenvalue weighted by Crippen LogP contribution is -2.46. The third kappa shape index (κ3) is 2.59. The van der Waals surface area contributed by atoms with Crippen LogP contribution in [0.5, 0.6) is 0 Å². The predicted octanol–water partition coefficient (Wildman–Crippen LogP) is 2.43. The van der Waals surface area contributed by atoms with Crippen LogP contribution in [0.3, 0.4) is 0 Å². The smallest absolute Gasteiger partial charge is 0.316 e. The van der Waals surface area contributed by atoms with Crippen molar-refractivity contribution in [3.05, 3.63) is 0 Å². The topological polar surface area (TPSA) is 12.0 Å². The second kappa shape index (κ2) is 3.86. The summed E-state index contributed by atoms with van der Waals surface area (Å²) in [6.45, 7) is 4.55. The quantitative estimate of drug-likeness (QED) is 0.677. The standard InChI is InChI=1S/C9H16F3N/c1-6(2)7-3-4-13-5-8(7)9(10,11)12/h6-8,13H,3-5H2,1-2H3. The minimum absolute atomic E-state index is 0.0896. The van der Waals surface area contributed by atoms with Gasteiger partial charge in [0, 0.05) is 6.54 Å². The molecule has 1 nitrogen and oxygen atoms in total. The second-order valence-electron chi connectivity index (χ2n) is 4.05. The zero-order valence-electron chi connectivity index (χ0n) is 7.99. The molecule has 1 aliphatic rings. The van der Waals surface area contributed by atoms with Crippen LogP contribution in [-0.4, -0.2) is 19.3 Å². The van der Waals surface area contributed by atoms with Gasteiger partial charge in [-0.05, 0) is 24.8 Å². The van der Waals surface area contributed by atoms with E-state index in [4.69, 9.17) is 0 Å². The minimum atomic E-state index is -4.04. The van der Waals surface area contributed by atoms with Gasteiger partial charge in [-0.1, -0.05) is 13.8 Å². The van der Waals surface area contributed by atoms with Crippen molar-refractivity contribution in [3.8, 4) is 0 Å². The lowest BCUT2D eigenvalue weighted by Gasteiger charge is -2.35. The largest absolute Gasteiger partial charge is 0.393 e. The number of nitrogens with one attached hydrogen (secondary N) is 1. The number of halogens is 3. The average molecular weight is 195 g/mol. The van der Waals surface area contributed by atoms with Crippen molar-refractivity contribution in [1.29, 1.82) is 0 Å². The van der Waals surface area contributed by atoms with Gasteiger partial charge in [-0.3, -0.25) is 0 Å². The van der Waals surface area contributed by atoms with Crippen LogP contribution in [0.1, 0.15) is 20.3 Å². The molecule has 1 N–H and O–H groups in total. The molecule has 0 aromatic heterocycles. The zero-order chi connectivity index (χ0) is 10.1. The van der Waals surface area contributed by atoms with E-state index in [-0.39, 0.29) is 18.4 Å². The summed E-state index contributed by atoms with van der Waals surface area (Å²) >= 11 is 0. The van der Waals surface area contributed by atoms with Crippen LogP contribution in [0.2, 0.25) is 0 Å². The molecule has 0 aromatic rings. The van der Waals surface area contributed by atoms with Gasteiger partial charge in [0.2, 0.25) is 0 Å². The van der Waals surface area contributed by atoms with Gasteiger partial charge in [0.05, 0.1) is 5.92 Å². The Hall–Kier alpha value is -0.250. The third-order valence-electron chi connectivity index (χ3n) is 2.81. The molecule has 0 saturated carbocycles. The summed E-state index contributed by atoms with van der Waals surface area (Å²) in [7, 11) is 0. The summed E-state index contributed by atoms with van der Waals surface area (Å²) < 4.78 is 37.5. The van der Waals surface area contributed by atoms with Crippen molar-refractivity contribution in [2.24, 2.45) is 17.8 Å². The van der Waals surface area contributed by atoms with E-state index >= 15 is 0 Å². The highest BCUT2D eigenvalue weighted by Gasteiger charge is 2.46. The van der Waals surface area contributed by atoms with Gasteiger partial charge in [-0.2, -0.15) is 13.2 Å². The molecule has 1 aliphatic heterocycles. The number of alkyl halides is 3. The first kappa shape index (κ1) is 10.8. The molecule has 0 aromatic carbocycles. The maximum absolute atomic E-state index is 12.5. The molecule has 2 unspecified atom stereocenters. The second-order valence-corrected chi connectivity index (χ2v) is 4.05. The van der Waals surface area contributed by atoms with Crippen LogP contribution in [0, 0.1) is 17.8 Å². The van der Waals surface area contributed by atoms with Crippen molar-refractivity contribution in [2.75, 3.05) is 13.1 Å². The molecule has 0 spiro atoms. The lowest BCUT2D eigenvalue weighted by molar-refractivity contribution is -0.196. The van der Waals surface area contributed by atoms with Gasteiger partial charge >= 0.3 is 6.18 Å². The van der Waals surface area contributed by atoms with E-state index in [9.17, 15) is 13.2 Å². The predicted molar refractivity (Wildman–Crippen MR) is 45.4 cm³/mol. The summed E-state index contributed by atoms with van der Waals surface area (Å²) in [4.78, 5) is 0. The molecule has 1 fully saturated rings. The normalized spacial score (nSPS) is 30.9. The fraction of sp³-hybridized carbons (Fsp3) is 1.00. The molecule has 78 valence electrons. The molecular weight excluding hydrogens is 179 g/mol. The molecule has 1 heterocycles. The summed E-state index contributed by atoms with van der Waals surface area (Å²) in [5.41, 5.74) is 0. The fourth-order valence-electron chi connectivity index (χ4n) is 2.04. The van der Waals surface area contributed by atoms with Crippen LogP contribution < -0.4 is 5.32 Å². The van der Waals surface area contributed by atoms with Gasteiger partial charge in [0.25, 0.3) is 0 Å². The summed E-state index contributed by atoms with van der Waals surface area (Å²) in [5.74, 6) is -1.24. The van der Waals surface area contributed by atoms with Crippen molar-refractivity contribution < 1.29 is 13.2 Å². The van der Waals surface area contributed by atoms with Crippen LogP contribution in [-0.2, 0) is 0 Å². The minimum Gasteiger partial charge on any atom is -0.316 e. The lowest BCUT2D eigenvalue weighted by atomic mass is 9.78. The number of hydrogen-bond acceptors (Lipinski definition) is 1. The highest BCUT2D eigenvalue weighted by atomic mass is 19.4. The fourth-order valence-corrected chi connectivity index (χ4v) is 2.04. The molecule has 0 bridgehead atoms. The van der Waals surface area contributed by atoms with E-state index in [1.807, 2.05) is 13.8 Å². The van der Waals surface area contributed by atoms with E-state index in [0.717, 1.165) is 6.54 Å². The number of rotatable bonds is 1. The van der Waals surface area contributed by atoms with Gasteiger partial charge in [0.15, 0.2) is 0 Å². The van der Waals surface area contributed by atoms with E-state index in [2.05, 4.69) is 5.32 Å². The van der Waals surface area contributed by atoms with Crippen molar-refractivity contribution in [1.82, 2.24) is 5.32 Å². The Morgan fingerprint density at radius 2 is 1.92 bits per heavy atom. The number of piperidine rings is 1. The first-order valence-corrected chi connectivity index (χ1v) is 4.70. The van der Waals surface area contributed by atoms with Crippen LogP contribution in [0.25, 0.3) is 0 Å². The van der Waals surface area contributed by atoms with E-state index in [1.165, 1.54) is 0 Å². The van der Waals surface area contributed by atoms with E-state index in [1.54, 1.807) is 0 Å². The van der Waals surface area contributed by atoms with E-state index < -0.39 is 12.1 Å². The van der Waals surface area contributed by atoms with E-state index in [0.29, 0.717) is 6.42 Å². The molecule has 0 amide bonds. The Balaban J connectivity index is 2.67. The van der Waals surface area contributed by atoms with Crippen LogP contribution >= 0.6 is 0 Å². The first-order valence-electron chi connectivity index (χ1n) is 4.70. The van der Waals surface area contributed by atoms with Crippen molar-refractivity contribution >= 4 is 0 Å². The zero-order valence-corrected chi connectivity index (χ0v) is 7.99. The Labute approximate surface area is 76.7 Å². The van der Waals surface area contributed by atoms with Gasteiger partial charge in [-0.15, -0.1) is 0 Å². The van der Waals surface area contributed by atoms with Crippen molar-refractivity contribution in [3.63, 3.8) is 0 Å². The molecular formula is C9H16F3N. The maximum Gasteiger partial charge on any atom is 0.393 e. The first-order chi connectivity index (χ1) is 5.93. The molecule has 4 heteroatoms.